The molecule has 0 fully saturated rings. The molecule has 0 spiro atoms. The lowest BCUT2D eigenvalue weighted by Crippen LogP contribution is -2.08. The molecule has 20 heavy (non-hydrogen) atoms. The van der Waals surface area contributed by atoms with Crippen LogP contribution in [0.4, 0.5) is 10.1 Å². The second-order valence-corrected chi connectivity index (χ2v) is 4.76. The Balaban J connectivity index is 2.21. The number of hydrogen-bond donors (Lipinski definition) is 2. The number of anilines is 1. The van der Waals surface area contributed by atoms with Crippen LogP contribution < -0.4 is 10.1 Å². The monoisotopic (exact) mass is 275 g/mol. The molecule has 0 saturated carbocycles. The number of phenols is 1. The number of halogens is 1. The molecule has 0 radical (unpaired) electrons. The predicted octanol–water partition coefficient (Wildman–Crippen LogP) is 4.02. The fourth-order valence-corrected chi connectivity index (χ4v) is 2.07. The van der Waals surface area contributed by atoms with Crippen molar-refractivity contribution in [1.82, 2.24) is 0 Å². The van der Waals surface area contributed by atoms with E-state index in [1.165, 1.54) is 13.2 Å². The lowest BCUT2D eigenvalue weighted by molar-refractivity contribution is 0.385. The first-order valence-corrected chi connectivity index (χ1v) is 6.41. The minimum absolute atomic E-state index is 0.00672. The third-order valence-corrected chi connectivity index (χ3v) is 3.26. The summed E-state index contributed by atoms with van der Waals surface area (Å²) in [6, 6.07) is 9.95. The van der Waals surface area contributed by atoms with Crippen LogP contribution in [-0.2, 0) is 0 Å². The molecular formula is C16H18FNO2. The number of rotatable bonds is 4. The number of phenolic OH excluding ortho intramolecular Hbond substituents is 1. The number of ether oxygens (including phenoxy) is 1. The average Bonchev–Trinajstić information content (AvgIpc) is 2.42. The van der Waals surface area contributed by atoms with Crippen LogP contribution in [-0.4, -0.2) is 12.2 Å². The highest BCUT2D eigenvalue weighted by molar-refractivity contribution is 5.54. The molecule has 106 valence electrons. The summed E-state index contributed by atoms with van der Waals surface area (Å²) in [6.07, 6.45) is 0. The second-order valence-electron chi connectivity index (χ2n) is 4.76. The number of benzene rings is 2. The smallest absolute Gasteiger partial charge is 0.165 e. The van der Waals surface area contributed by atoms with Crippen molar-refractivity contribution in [3.8, 4) is 11.5 Å². The molecule has 1 unspecified atom stereocenters. The van der Waals surface area contributed by atoms with Gasteiger partial charge in [0.2, 0.25) is 0 Å². The van der Waals surface area contributed by atoms with E-state index < -0.39 is 0 Å². The highest BCUT2D eigenvalue weighted by atomic mass is 19.1. The fourth-order valence-electron chi connectivity index (χ4n) is 2.07. The summed E-state index contributed by atoms with van der Waals surface area (Å²) < 4.78 is 18.4. The third kappa shape index (κ3) is 3.02. The Morgan fingerprint density at radius 1 is 1.20 bits per heavy atom. The van der Waals surface area contributed by atoms with Crippen LogP contribution in [0.3, 0.4) is 0 Å². The summed E-state index contributed by atoms with van der Waals surface area (Å²) in [5.41, 5.74) is 2.81. The molecule has 2 rings (SSSR count). The van der Waals surface area contributed by atoms with Gasteiger partial charge in [0.05, 0.1) is 7.11 Å². The van der Waals surface area contributed by atoms with Gasteiger partial charge in [-0.2, -0.15) is 0 Å². The van der Waals surface area contributed by atoms with Crippen LogP contribution in [0.15, 0.2) is 36.4 Å². The summed E-state index contributed by atoms with van der Waals surface area (Å²) in [5.74, 6) is 0.104. The van der Waals surface area contributed by atoms with Crippen molar-refractivity contribution in [3.63, 3.8) is 0 Å². The van der Waals surface area contributed by atoms with Crippen LogP contribution in [0.25, 0.3) is 0 Å². The number of aryl methyl sites for hydroxylation is 1. The van der Waals surface area contributed by atoms with Gasteiger partial charge in [-0.05, 0) is 55.3 Å². The first-order chi connectivity index (χ1) is 9.51. The minimum atomic E-state index is -0.371. The van der Waals surface area contributed by atoms with Crippen LogP contribution >= 0.6 is 0 Å². The van der Waals surface area contributed by atoms with Crippen LogP contribution in [0, 0.1) is 12.7 Å². The van der Waals surface area contributed by atoms with Gasteiger partial charge in [-0.25, -0.2) is 4.39 Å². The first-order valence-electron chi connectivity index (χ1n) is 6.41. The van der Waals surface area contributed by atoms with Crippen molar-refractivity contribution < 1.29 is 14.2 Å². The molecule has 2 aromatic carbocycles. The third-order valence-electron chi connectivity index (χ3n) is 3.26. The normalized spacial score (nSPS) is 12.0. The molecule has 1 atom stereocenters. The standard InChI is InChI=1S/C16H18FNO2/c1-10-8-13(19)5-7-15(10)18-11(2)12-4-6-14(17)16(9-12)20-3/h4-9,11,18-19H,1-3H3. The number of nitrogens with one attached hydrogen (secondary N) is 1. The Hall–Kier alpha value is -2.23. The van der Waals surface area contributed by atoms with Gasteiger partial charge in [0.15, 0.2) is 11.6 Å². The van der Waals surface area contributed by atoms with Gasteiger partial charge in [-0.15, -0.1) is 0 Å². The van der Waals surface area contributed by atoms with Crippen molar-refractivity contribution in [2.24, 2.45) is 0 Å². The van der Waals surface area contributed by atoms with Gasteiger partial charge < -0.3 is 15.2 Å². The Morgan fingerprint density at radius 3 is 2.60 bits per heavy atom. The van der Waals surface area contributed by atoms with Crippen LogP contribution in [0.1, 0.15) is 24.1 Å². The molecule has 2 N–H and O–H groups in total. The summed E-state index contributed by atoms with van der Waals surface area (Å²) >= 11 is 0. The highest BCUT2D eigenvalue weighted by Gasteiger charge is 2.10. The zero-order chi connectivity index (χ0) is 14.7. The molecule has 0 bridgehead atoms. The second kappa shape index (κ2) is 5.82. The molecule has 0 aliphatic carbocycles. The largest absolute Gasteiger partial charge is 0.508 e. The van der Waals surface area contributed by atoms with E-state index in [2.05, 4.69) is 5.32 Å². The quantitative estimate of drug-likeness (QED) is 0.828. The van der Waals surface area contributed by atoms with Gasteiger partial charge in [0.1, 0.15) is 5.75 Å². The van der Waals surface area contributed by atoms with E-state index in [4.69, 9.17) is 4.74 Å². The van der Waals surface area contributed by atoms with E-state index in [1.54, 1.807) is 24.3 Å². The molecule has 4 heteroatoms. The van der Waals surface area contributed by atoms with Crippen molar-refractivity contribution in [2.45, 2.75) is 19.9 Å². The first kappa shape index (κ1) is 14.2. The van der Waals surface area contributed by atoms with Gasteiger partial charge in [0.25, 0.3) is 0 Å². The van der Waals surface area contributed by atoms with E-state index in [-0.39, 0.29) is 23.4 Å². The molecule has 0 aliphatic heterocycles. The topological polar surface area (TPSA) is 41.5 Å². The maximum Gasteiger partial charge on any atom is 0.165 e. The number of aromatic hydroxyl groups is 1. The zero-order valence-electron chi connectivity index (χ0n) is 11.8. The van der Waals surface area contributed by atoms with Crippen molar-refractivity contribution in [2.75, 3.05) is 12.4 Å². The molecular weight excluding hydrogens is 257 g/mol. The zero-order valence-corrected chi connectivity index (χ0v) is 11.8. The maximum absolute atomic E-state index is 13.4. The molecule has 3 nitrogen and oxygen atoms in total. The summed E-state index contributed by atoms with van der Waals surface area (Å²) in [4.78, 5) is 0. The van der Waals surface area contributed by atoms with E-state index in [1.807, 2.05) is 19.9 Å². The molecule has 0 aromatic heterocycles. The Bertz CT molecular complexity index is 613. The van der Waals surface area contributed by atoms with Crippen LogP contribution in [0.2, 0.25) is 0 Å². The van der Waals surface area contributed by atoms with Gasteiger partial charge in [-0.1, -0.05) is 6.07 Å². The van der Waals surface area contributed by atoms with Gasteiger partial charge >= 0.3 is 0 Å². The molecule has 0 heterocycles. The van der Waals surface area contributed by atoms with E-state index >= 15 is 0 Å². The lowest BCUT2D eigenvalue weighted by atomic mass is 10.1. The highest BCUT2D eigenvalue weighted by Crippen LogP contribution is 2.27. The summed E-state index contributed by atoms with van der Waals surface area (Å²) in [6.45, 7) is 3.90. The molecule has 0 saturated heterocycles. The van der Waals surface area contributed by atoms with E-state index in [0.29, 0.717) is 0 Å². The summed E-state index contributed by atoms with van der Waals surface area (Å²) in [7, 11) is 1.45. The van der Waals surface area contributed by atoms with E-state index in [9.17, 15) is 9.50 Å². The van der Waals surface area contributed by atoms with Crippen molar-refractivity contribution in [3.05, 3.63) is 53.3 Å². The Morgan fingerprint density at radius 2 is 1.95 bits per heavy atom. The SMILES string of the molecule is COc1cc(C(C)Nc2ccc(O)cc2C)ccc1F. The van der Waals surface area contributed by atoms with E-state index in [0.717, 1.165) is 16.8 Å². The van der Waals surface area contributed by atoms with Gasteiger partial charge in [0, 0.05) is 11.7 Å². The molecule has 2 aromatic rings. The Kier molecular flexibility index (Phi) is 4.13. The molecule has 0 amide bonds. The number of hydrogen-bond acceptors (Lipinski definition) is 3. The van der Waals surface area contributed by atoms with Crippen molar-refractivity contribution in [1.29, 1.82) is 0 Å². The van der Waals surface area contributed by atoms with Crippen LogP contribution in [0.5, 0.6) is 11.5 Å². The number of methoxy groups -OCH3 is 1. The summed E-state index contributed by atoms with van der Waals surface area (Å²) in [5, 5.41) is 12.7. The van der Waals surface area contributed by atoms with Crippen molar-refractivity contribution >= 4 is 5.69 Å². The average molecular weight is 275 g/mol. The predicted molar refractivity (Wildman–Crippen MR) is 77.8 cm³/mol. The Labute approximate surface area is 118 Å². The maximum atomic E-state index is 13.4. The van der Waals surface area contributed by atoms with Gasteiger partial charge in [-0.3, -0.25) is 0 Å². The lowest BCUT2D eigenvalue weighted by Gasteiger charge is -2.18. The minimum Gasteiger partial charge on any atom is -0.508 e. The molecule has 0 aliphatic rings. The fraction of sp³-hybridized carbons (Fsp3) is 0.250.